The Bertz CT molecular complexity index is 524. The zero-order valence-electron chi connectivity index (χ0n) is 11.3. The smallest absolute Gasteiger partial charge is 0.243 e. The zero-order chi connectivity index (χ0) is 14.6. The van der Waals surface area contributed by atoms with Gasteiger partial charge in [0.1, 0.15) is 0 Å². The van der Waals surface area contributed by atoms with Gasteiger partial charge in [0.05, 0.1) is 11.5 Å². The molecule has 1 aliphatic rings. The Kier molecular flexibility index (Phi) is 5.43. The molecule has 0 radical (unpaired) electrons. The molecule has 112 valence electrons. The van der Waals surface area contributed by atoms with Crippen molar-refractivity contribution in [1.82, 2.24) is 4.31 Å². The van der Waals surface area contributed by atoms with Crippen molar-refractivity contribution in [1.29, 1.82) is 0 Å². The molecule has 0 spiro atoms. The summed E-state index contributed by atoms with van der Waals surface area (Å²) < 4.78 is 26.9. The first kappa shape index (κ1) is 15.8. The van der Waals surface area contributed by atoms with Gasteiger partial charge in [0, 0.05) is 17.6 Å². The van der Waals surface area contributed by atoms with Crippen molar-refractivity contribution in [2.45, 2.75) is 43.0 Å². The Morgan fingerprint density at radius 3 is 2.30 bits per heavy atom. The van der Waals surface area contributed by atoms with E-state index in [2.05, 4.69) is 0 Å². The van der Waals surface area contributed by atoms with Crippen LogP contribution in [-0.4, -0.2) is 37.0 Å². The van der Waals surface area contributed by atoms with Crippen LogP contribution >= 0.6 is 11.6 Å². The van der Waals surface area contributed by atoms with E-state index in [-0.39, 0.29) is 24.1 Å². The molecule has 0 saturated heterocycles. The lowest BCUT2D eigenvalue weighted by Gasteiger charge is -2.33. The number of benzene rings is 1. The molecule has 1 aromatic rings. The topological polar surface area (TPSA) is 57.6 Å². The van der Waals surface area contributed by atoms with Gasteiger partial charge >= 0.3 is 0 Å². The summed E-state index contributed by atoms with van der Waals surface area (Å²) in [5, 5.41) is 9.70. The monoisotopic (exact) mass is 317 g/mol. The lowest BCUT2D eigenvalue weighted by Crippen LogP contribution is -2.43. The third-order valence-corrected chi connectivity index (χ3v) is 5.94. The quantitative estimate of drug-likeness (QED) is 0.908. The largest absolute Gasteiger partial charge is 0.395 e. The normalized spacial score (nSPS) is 17.6. The number of aliphatic hydroxyl groups is 1. The molecule has 0 aliphatic heterocycles. The molecule has 1 N–H and O–H groups in total. The van der Waals surface area contributed by atoms with Crippen molar-refractivity contribution >= 4 is 21.6 Å². The SMILES string of the molecule is O=S(=O)(c1ccc(Cl)cc1)N(CCO)C1CCCCC1. The van der Waals surface area contributed by atoms with Crippen LogP contribution in [0.2, 0.25) is 5.02 Å². The lowest BCUT2D eigenvalue weighted by atomic mass is 9.95. The fraction of sp³-hybridized carbons (Fsp3) is 0.571. The van der Waals surface area contributed by atoms with Crippen molar-refractivity contribution in [3.8, 4) is 0 Å². The average molecular weight is 318 g/mol. The van der Waals surface area contributed by atoms with E-state index in [0.717, 1.165) is 32.1 Å². The molecule has 20 heavy (non-hydrogen) atoms. The maximum atomic E-state index is 12.7. The highest BCUT2D eigenvalue weighted by molar-refractivity contribution is 7.89. The van der Waals surface area contributed by atoms with Crippen LogP contribution in [0.3, 0.4) is 0 Å². The maximum absolute atomic E-state index is 12.7. The molecular formula is C14H20ClNO3S. The summed E-state index contributed by atoms with van der Waals surface area (Å²) >= 11 is 5.80. The number of halogens is 1. The highest BCUT2D eigenvalue weighted by Gasteiger charge is 2.31. The van der Waals surface area contributed by atoms with E-state index in [1.165, 1.54) is 16.4 Å². The summed E-state index contributed by atoms with van der Waals surface area (Å²) in [6.07, 6.45) is 4.98. The fourth-order valence-electron chi connectivity index (χ4n) is 2.71. The highest BCUT2D eigenvalue weighted by atomic mass is 35.5. The van der Waals surface area contributed by atoms with Crippen LogP contribution in [0.1, 0.15) is 32.1 Å². The van der Waals surface area contributed by atoms with E-state index in [1.807, 2.05) is 0 Å². The molecule has 1 fully saturated rings. The van der Waals surface area contributed by atoms with Gasteiger partial charge in [-0.2, -0.15) is 4.31 Å². The van der Waals surface area contributed by atoms with E-state index >= 15 is 0 Å². The number of rotatable bonds is 5. The minimum atomic E-state index is -3.56. The molecule has 0 heterocycles. The van der Waals surface area contributed by atoms with Crippen LogP contribution in [0, 0.1) is 0 Å². The molecule has 0 aromatic heterocycles. The van der Waals surface area contributed by atoms with Crippen LogP contribution in [0.15, 0.2) is 29.2 Å². The standard InChI is InChI=1S/C14H20ClNO3S/c15-12-6-8-14(9-7-12)20(18,19)16(10-11-17)13-4-2-1-3-5-13/h6-9,13,17H,1-5,10-11H2. The molecule has 0 atom stereocenters. The van der Waals surface area contributed by atoms with E-state index in [4.69, 9.17) is 11.6 Å². The number of nitrogens with zero attached hydrogens (tertiary/aromatic N) is 1. The van der Waals surface area contributed by atoms with Gasteiger partial charge in [-0.15, -0.1) is 0 Å². The molecule has 4 nitrogen and oxygen atoms in total. The molecule has 0 bridgehead atoms. The van der Waals surface area contributed by atoms with E-state index in [9.17, 15) is 13.5 Å². The minimum Gasteiger partial charge on any atom is -0.395 e. The first-order valence-corrected chi connectivity index (χ1v) is 8.76. The van der Waals surface area contributed by atoms with Crippen molar-refractivity contribution < 1.29 is 13.5 Å². The Hall–Kier alpha value is -0.620. The second kappa shape index (κ2) is 6.89. The summed E-state index contributed by atoms with van der Waals surface area (Å²) in [4.78, 5) is 0.237. The van der Waals surface area contributed by atoms with Crippen LogP contribution < -0.4 is 0 Å². The second-order valence-corrected chi connectivity index (χ2v) is 7.41. The van der Waals surface area contributed by atoms with Gasteiger partial charge in [-0.05, 0) is 37.1 Å². The third-order valence-electron chi connectivity index (χ3n) is 3.72. The van der Waals surface area contributed by atoms with Crippen LogP contribution in [0.4, 0.5) is 0 Å². The zero-order valence-corrected chi connectivity index (χ0v) is 12.9. The number of hydrogen-bond donors (Lipinski definition) is 1. The Morgan fingerprint density at radius 1 is 1.15 bits per heavy atom. The summed E-state index contributed by atoms with van der Waals surface area (Å²) in [6, 6.07) is 6.19. The fourth-order valence-corrected chi connectivity index (χ4v) is 4.51. The minimum absolute atomic E-state index is 0.00317. The molecular weight excluding hydrogens is 298 g/mol. The summed E-state index contributed by atoms with van der Waals surface area (Å²) in [7, 11) is -3.56. The predicted molar refractivity (Wildman–Crippen MR) is 79.3 cm³/mol. The summed E-state index contributed by atoms with van der Waals surface area (Å²) in [5.41, 5.74) is 0. The molecule has 1 aliphatic carbocycles. The van der Waals surface area contributed by atoms with Crippen LogP contribution in [0.5, 0.6) is 0 Å². The molecule has 1 aromatic carbocycles. The van der Waals surface area contributed by atoms with Crippen molar-refractivity contribution in [2.75, 3.05) is 13.2 Å². The van der Waals surface area contributed by atoms with Gasteiger partial charge in [-0.25, -0.2) is 8.42 Å². The number of aliphatic hydroxyl groups excluding tert-OH is 1. The third kappa shape index (κ3) is 3.52. The predicted octanol–water partition coefficient (Wildman–Crippen LogP) is 2.66. The van der Waals surface area contributed by atoms with Gasteiger partial charge < -0.3 is 5.11 Å². The van der Waals surface area contributed by atoms with E-state index < -0.39 is 10.0 Å². The molecule has 1 saturated carbocycles. The van der Waals surface area contributed by atoms with Gasteiger partial charge in [-0.1, -0.05) is 30.9 Å². The number of sulfonamides is 1. The van der Waals surface area contributed by atoms with Gasteiger partial charge in [-0.3, -0.25) is 0 Å². The van der Waals surface area contributed by atoms with Gasteiger partial charge in [0.25, 0.3) is 0 Å². The van der Waals surface area contributed by atoms with E-state index in [0.29, 0.717) is 5.02 Å². The Morgan fingerprint density at radius 2 is 1.75 bits per heavy atom. The number of hydrogen-bond acceptors (Lipinski definition) is 3. The van der Waals surface area contributed by atoms with E-state index in [1.54, 1.807) is 12.1 Å². The maximum Gasteiger partial charge on any atom is 0.243 e. The van der Waals surface area contributed by atoms with Crippen molar-refractivity contribution in [2.24, 2.45) is 0 Å². The first-order chi connectivity index (χ1) is 9.55. The molecule has 6 heteroatoms. The van der Waals surface area contributed by atoms with Crippen molar-refractivity contribution in [3.05, 3.63) is 29.3 Å². The van der Waals surface area contributed by atoms with Crippen molar-refractivity contribution in [3.63, 3.8) is 0 Å². The van der Waals surface area contributed by atoms with Crippen LogP contribution in [0.25, 0.3) is 0 Å². The average Bonchev–Trinajstić information content (AvgIpc) is 2.46. The first-order valence-electron chi connectivity index (χ1n) is 6.94. The molecule has 2 rings (SSSR count). The van der Waals surface area contributed by atoms with Crippen LogP contribution in [-0.2, 0) is 10.0 Å². The summed E-state index contributed by atoms with van der Waals surface area (Å²) in [5.74, 6) is 0. The second-order valence-electron chi connectivity index (χ2n) is 5.09. The van der Waals surface area contributed by atoms with Gasteiger partial charge in [0.15, 0.2) is 0 Å². The highest BCUT2D eigenvalue weighted by Crippen LogP contribution is 2.28. The lowest BCUT2D eigenvalue weighted by molar-refractivity contribution is 0.199. The Labute approximate surface area is 125 Å². The Balaban J connectivity index is 2.28. The molecule has 0 unspecified atom stereocenters. The summed E-state index contributed by atoms with van der Waals surface area (Å²) in [6.45, 7) is -0.0149. The van der Waals surface area contributed by atoms with Gasteiger partial charge in [0.2, 0.25) is 10.0 Å². The molecule has 0 amide bonds.